The molecule has 4 aliphatic carbocycles. The minimum Gasteiger partial charge on any atom is -0.222 e. The molecule has 0 aromatic rings. The van der Waals surface area contributed by atoms with Crippen LogP contribution in [-0.4, -0.2) is 33.2 Å². The van der Waals surface area contributed by atoms with E-state index in [-0.39, 0.29) is 0 Å². The Balaban J connectivity index is 0.000000258. The second kappa shape index (κ2) is 21.0. The highest BCUT2D eigenvalue weighted by atomic mass is 32.2. The fourth-order valence-corrected chi connectivity index (χ4v) is 8.86. The summed E-state index contributed by atoms with van der Waals surface area (Å²) in [6.07, 6.45) is 31.7. The molecule has 4 saturated carbocycles. The Morgan fingerprint density at radius 2 is 0.562 bits per heavy atom. The van der Waals surface area contributed by atoms with Gasteiger partial charge in [-0.3, -0.25) is 0 Å². The fourth-order valence-electron chi connectivity index (χ4n) is 5.35. The van der Waals surface area contributed by atoms with E-state index in [9.17, 15) is 0 Å². The van der Waals surface area contributed by atoms with E-state index in [2.05, 4.69) is 23.5 Å². The lowest BCUT2D eigenvalue weighted by Gasteiger charge is -2.28. The molecule has 4 aliphatic rings. The van der Waals surface area contributed by atoms with Crippen molar-refractivity contribution in [2.45, 2.75) is 149 Å². The monoisotopic (exact) mass is 482 g/mol. The van der Waals surface area contributed by atoms with E-state index < -0.39 is 0 Å². The summed E-state index contributed by atoms with van der Waals surface area (Å²) in [7, 11) is 0. The van der Waals surface area contributed by atoms with Crippen molar-refractivity contribution < 1.29 is 9.59 Å². The fraction of sp³-hybridized carbons (Fsp3) is 0.923. The standard InChI is InChI=1S/2C12H22S.2CHNO/c2*1-3-7-11(8-4-1)13-12-9-5-2-6-10-12;2*2-1-3/h2*11-12H,1-10H2;2*2H. The number of carbonyl (C=O) groups excluding carboxylic acids is 2. The van der Waals surface area contributed by atoms with E-state index >= 15 is 0 Å². The van der Waals surface area contributed by atoms with E-state index in [4.69, 9.17) is 20.4 Å². The molecule has 0 saturated heterocycles. The highest BCUT2D eigenvalue weighted by molar-refractivity contribution is 8.00. The van der Waals surface area contributed by atoms with Gasteiger partial charge in [0, 0.05) is 21.0 Å². The molecular weight excluding hydrogens is 436 g/mol. The number of nitrogens with one attached hydrogen (secondary N) is 2. The first kappa shape index (κ1) is 29.5. The highest BCUT2D eigenvalue weighted by Crippen LogP contribution is 2.37. The van der Waals surface area contributed by atoms with Crippen LogP contribution in [-0.2, 0) is 9.59 Å². The summed E-state index contributed by atoms with van der Waals surface area (Å²) in [5, 5.41) is 15.0. The molecule has 4 nitrogen and oxygen atoms in total. The van der Waals surface area contributed by atoms with Gasteiger partial charge in [0.2, 0.25) is 12.2 Å². The quantitative estimate of drug-likeness (QED) is 0.310. The van der Waals surface area contributed by atoms with Gasteiger partial charge in [0.15, 0.2) is 0 Å². The Morgan fingerprint density at radius 1 is 0.406 bits per heavy atom. The average molecular weight is 483 g/mol. The van der Waals surface area contributed by atoms with E-state index in [1.54, 1.807) is 0 Å². The molecule has 0 aliphatic heterocycles. The van der Waals surface area contributed by atoms with Gasteiger partial charge in [-0.1, -0.05) is 77.0 Å². The Kier molecular flexibility index (Phi) is 19.4. The Hall–Kier alpha value is -0.540. The molecule has 4 fully saturated rings. The molecule has 4 rings (SSSR count). The van der Waals surface area contributed by atoms with Gasteiger partial charge in [0.25, 0.3) is 0 Å². The first-order valence-corrected chi connectivity index (χ1v) is 15.0. The second-order valence-corrected chi connectivity index (χ2v) is 12.7. The normalized spacial score (nSPS) is 23.0. The molecule has 6 heteroatoms. The van der Waals surface area contributed by atoms with Crippen LogP contribution < -0.4 is 0 Å². The van der Waals surface area contributed by atoms with Crippen molar-refractivity contribution in [3.8, 4) is 0 Å². The van der Waals surface area contributed by atoms with Crippen LogP contribution in [0.25, 0.3) is 0 Å². The maximum atomic E-state index is 8.35. The molecule has 0 spiro atoms. The smallest absolute Gasteiger partial charge is 0.222 e. The third-order valence-corrected chi connectivity index (χ3v) is 10.4. The topological polar surface area (TPSA) is 81.8 Å². The van der Waals surface area contributed by atoms with Crippen molar-refractivity contribution in [3.63, 3.8) is 0 Å². The van der Waals surface area contributed by atoms with Gasteiger partial charge < -0.3 is 0 Å². The molecule has 0 heterocycles. The third kappa shape index (κ3) is 15.3. The summed E-state index contributed by atoms with van der Waals surface area (Å²) in [6.45, 7) is 0. The number of rotatable bonds is 4. The molecule has 0 radical (unpaired) electrons. The number of hydrogen-bond donors (Lipinski definition) is 2. The Bertz CT molecular complexity index is 418. The molecule has 0 aromatic heterocycles. The van der Waals surface area contributed by atoms with Crippen LogP contribution in [0.5, 0.6) is 0 Å². The first-order valence-electron chi connectivity index (χ1n) is 13.1. The van der Waals surface area contributed by atoms with E-state index in [0.717, 1.165) is 33.2 Å². The largest absolute Gasteiger partial charge is 0.231 e. The van der Waals surface area contributed by atoms with Crippen LogP contribution >= 0.6 is 23.5 Å². The average Bonchev–Trinajstić information content (AvgIpc) is 2.83. The lowest BCUT2D eigenvalue weighted by Crippen LogP contribution is -2.16. The first-order chi connectivity index (χ1) is 15.7. The minimum atomic E-state index is 0.750. The SMILES string of the molecule is C1CCC(SC2CCCCC2)CC1.C1CCC(SC2CCCCC2)CC1.N=C=O.N=C=O. The molecule has 184 valence electrons. The summed E-state index contributed by atoms with van der Waals surface area (Å²) in [6, 6.07) is 0. The van der Waals surface area contributed by atoms with Crippen molar-refractivity contribution in [1.29, 1.82) is 10.8 Å². The molecule has 0 bridgehead atoms. The molecule has 2 N–H and O–H groups in total. The predicted octanol–water partition coefficient (Wildman–Crippen LogP) is 8.57. The van der Waals surface area contributed by atoms with Gasteiger partial charge in [-0.25, -0.2) is 20.4 Å². The second-order valence-electron chi connectivity index (χ2n) is 9.52. The van der Waals surface area contributed by atoms with Crippen molar-refractivity contribution in [2.24, 2.45) is 0 Å². The number of isocyanates is 2. The predicted molar refractivity (Wildman–Crippen MR) is 140 cm³/mol. The van der Waals surface area contributed by atoms with Crippen LogP contribution in [0.1, 0.15) is 128 Å². The molecule has 0 unspecified atom stereocenters. The summed E-state index contributed by atoms with van der Waals surface area (Å²) >= 11 is 4.68. The van der Waals surface area contributed by atoms with Crippen LogP contribution in [0.3, 0.4) is 0 Å². The van der Waals surface area contributed by atoms with E-state index in [1.807, 2.05) is 0 Å². The summed E-state index contributed by atoms with van der Waals surface area (Å²) in [5.74, 6) is 0. The van der Waals surface area contributed by atoms with Gasteiger partial charge >= 0.3 is 0 Å². The summed E-state index contributed by atoms with van der Waals surface area (Å²) < 4.78 is 0. The van der Waals surface area contributed by atoms with Crippen LogP contribution in [0.2, 0.25) is 0 Å². The lowest BCUT2D eigenvalue weighted by molar-refractivity contribution is 0.495. The molecule has 32 heavy (non-hydrogen) atoms. The zero-order valence-electron chi connectivity index (χ0n) is 20.1. The van der Waals surface area contributed by atoms with Gasteiger partial charge in [0.1, 0.15) is 0 Å². The third-order valence-electron chi connectivity index (χ3n) is 6.98. The molecule has 0 amide bonds. The molecule has 0 aromatic carbocycles. The Labute approximate surface area is 205 Å². The van der Waals surface area contributed by atoms with Crippen LogP contribution in [0.4, 0.5) is 0 Å². The maximum absolute atomic E-state index is 8.35. The van der Waals surface area contributed by atoms with Gasteiger partial charge in [-0.05, 0) is 51.4 Å². The van der Waals surface area contributed by atoms with Crippen molar-refractivity contribution >= 4 is 35.7 Å². The van der Waals surface area contributed by atoms with Crippen LogP contribution in [0, 0.1) is 10.8 Å². The van der Waals surface area contributed by atoms with E-state index in [1.165, 1.54) is 128 Å². The van der Waals surface area contributed by atoms with Gasteiger partial charge in [-0.15, -0.1) is 0 Å². The zero-order chi connectivity index (χ0) is 23.3. The summed E-state index contributed by atoms with van der Waals surface area (Å²) in [5.41, 5.74) is 0. The molecule has 0 atom stereocenters. The zero-order valence-corrected chi connectivity index (χ0v) is 21.7. The van der Waals surface area contributed by atoms with Crippen LogP contribution in [0.15, 0.2) is 0 Å². The van der Waals surface area contributed by atoms with Gasteiger partial charge in [0.05, 0.1) is 0 Å². The lowest BCUT2D eigenvalue weighted by atomic mass is 10.00. The van der Waals surface area contributed by atoms with Crippen molar-refractivity contribution in [1.82, 2.24) is 0 Å². The minimum absolute atomic E-state index is 0.750. The number of hydrogen-bond acceptors (Lipinski definition) is 6. The maximum Gasteiger partial charge on any atom is 0.231 e. The summed E-state index contributed by atoms with van der Waals surface area (Å²) in [4.78, 5) is 16.7. The Morgan fingerprint density at radius 3 is 0.719 bits per heavy atom. The van der Waals surface area contributed by atoms with Crippen molar-refractivity contribution in [2.75, 3.05) is 0 Å². The van der Waals surface area contributed by atoms with Gasteiger partial charge in [-0.2, -0.15) is 23.5 Å². The number of thioether (sulfide) groups is 2. The highest BCUT2D eigenvalue weighted by Gasteiger charge is 2.21. The van der Waals surface area contributed by atoms with E-state index in [0.29, 0.717) is 0 Å². The molecular formula is C26H46N2O2S2. The van der Waals surface area contributed by atoms with Crippen molar-refractivity contribution in [3.05, 3.63) is 0 Å².